The van der Waals surface area contributed by atoms with E-state index in [2.05, 4.69) is 15.3 Å². The molecule has 2 heterocycles. The van der Waals surface area contributed by atoms with Gasteiger partial charge in [0.25, 0.3) is 0 Å². The summed E-state index contributed by atoms with van der Waals surface area (Å²) in [6.45, 7) is 1.92. The second-order valence-corrected chi connectivity index (χ2v) is 5.10. The first-order chi connectivity index (χ1) is 9.25. The van der Waals surface area contributed by atoms with E-state index in [0.29, 0.717) is 18.0 Å². The molecule has 0 aromatic carbocycles. The number of thioether (sulfide) groups is 1. The van der Waals surface area contributed by atoms with Crippen LogP contribution in [0.5, 0.6) is 0 Å². The number of anilines is 1. The van der Waals surface area contributed by atoms with Gasteiger partial charge in [0.2, 0.25) is 5.91 Å². The van der Waals surface area contributed by atoms with Gasteiger partial charge in [0, 0.05) is 24.6 Å². The highest BCUT2D eigenvalue weighted by atomic mass is 32.2. The molecule has 0 atom stereocenters. The number of carbonyl (C=O) groups is 1. The van der Waals surface area contributed by atoms with Crippen LogP contribution in [-0.2, 0) is 4.79 Å². The van der Waals surface area contributed by atoms with Crippen LogP contribution in [0.2, 0.25) is 0 Å². The Balaban J connectivity index is 1.78. The van der Waals surface area contributed by atoms with Crippen LogP contribution in [0.1, 0.15) is 12.0 Å². The number of nitrogens with one attached hydrogen (secondary N) is 1. The molecule has 5 heteroatoms. The number of aromatic nitrogens is 2. The fourth-order valence-electron chi connectivity index (χ4n) is 1.49. The number of hydrogen-bond acceptors (Lipinski definition) is 4. The van der Waals surface area contributed by atoms with Gasteiger partial charge in [0.05, 0.1) is 5.03 Å². The van der Waals surface area contributed by atoms with Gasteiger partial charge in [-0.15, -0.1) is 11.8 Å². The molecule has 0 aliphatic heterocycles. The maximum atomic E-state index is 11.8. The lowest BCUT2D eigenvalue weighted by atomic mass is 10.3. The van der Waals surface area contributed by atoms with Gasteiger partial charge < -0.3 is 5.32 Å². The Kier molecular flexibility index (Phi) is 4.92. The molecule has 0 saturated carbocycles. The smallest absolute Gasteiger partial charge is 0.226 e. The Morgan fingerprint density at radius 1 is 1.21 bits per heavy atom. The summed E-state index contributed by atoms with van der Waals surface area (Å²) in [5.41, 5.74) is 0.966. The van der Waals surface area contributed by atoms with Gasteiger partial charge in [-0.05, 0) is 30.7 Å². The van der Waals surface area contributed by atoms with Crippen molar-refractivity contribution in [3.8, 4) is 0 Å². The molecule has 0 aliphatic rings. The molecule has 2 aromatic rings. The van der Waals surface area contributed by atoms with E-state index in [1.54, 1.807) is 24.2 Å². The molecular weight excluding hydrogens is 258 g/mol. The van der Waals surface area contributed by atoms with Crippen molar-refractivity contribution in [2.75, 3.05) is 11.1 Å². The summed E-state index contributed by atoms with van der Waals surface area (Å²) in [4.78, 5) is 20.1. The molecule has 19 heavy (non-hydrogen) atoms. The number of nitrogens with zero attached hydrogens (tertiary/aromatic N) is 2. The molecule has 1 amide bonds. The molecule has 0 aliphatic carbocycles. The Labute approximate surface area is 116 Å². The van der Waals surface area contributed by atoms with Crippen molar-refractivity contribution in [2.45, 2.75) is 18.4 Å². The Morgan fingerprint density at radius 2 is 2.05 bits per heavy atom. The predicted molar refractivity (Wildman–Crippen MR) is 77.2 cm³/mol. The summed E-state index contributed by atoms with van der Waals surface area (Å²) in [6, 6.07) is 9.52. The van der Waals surface area contributed by atoms with Gasteiger partial charge in [-0.1, -0.05) is 12.1 Å². The third kappa shape index (κ3) is 4.37. The molecule has 0 bridgehead atoms. The minimum absolute atomic E-state index is 0.0229. The van der Waals surface area contributed by atoms with E-state index in [9.17, 15) is 4.79 Å². The molecule has 4 nitrogen and oxygen atoms in total. The largest absolute Gasteiger partial charge is 0.310 e. The highest BCUT2D eigenvalue weighted by Crippen LogP contribution is 2.15. The SMILES string of the molecule is Cc1cccnc1NC(=O)CCSc1ccccn1. The van der Waals surface area contributed by atoms with E-state index >= 15 is 0 Å². The monoisotopic (exact) mass is 273 g/mol. The molecule has 0 saturated heterocycles. The second kappa shape index (κ2) is 6.89. The zero-order valence-corrected chi connectivity index (χ0v) is 11.5. The van der Waals surface area contributed by atoms with Crippen LogP contribution in [0.25, 0.3) is 0 Å². The molecule has 1 N–H and O–H groups in total. The number of pyridine rings is 2. The van der Waals surface area contributed by atoms with Crippen LogP contribution in [0, 0.1) is 6.92 Å². The maximum absolute atomic E-state index is 11.8. The number of hydrogen-bond donors (Lipinski definition) is 1. The fourth-order valence-corrected chi connectivity index (χ4v) is 2.30. The van der Waals surface area contributed by atoms with Crippen molar-refractivity contribution in [1.29, 1.82) is 0 Å². The highest BCUT2D eigenvalue weighted by Gasteiger charge is 2.05. The van der Waals surface area contributed by atoms with E-state index in [-0.39, 0.29) is 5.91 Å². The summed E-state index contributed by atoms with van der Waals surface area (Å²) in [7, 11) is 0. The quantitative estimate of drug-likeness (QED) is 0.851. The second-order valence-electron chi connectivity index (χ2n) is 3.98. The van der Waals surface area contributed by atoms with Crippen molar-refractivity contribution < 1.29 is 4.79 Å². The first kappa shape index (κ1) is 13.5. The van der Waals surface area contributed by atoms with Crippen molar-refractivity contribution in [3.63, 3.8) is 0 Å². The number of carbonyl (C=O) groups excluding carboxylic acids is 1. The molecule has 98 valence electrons. The zero-order valence-electron chi connectivity index (χ0n) is 10.7. The van der Waals surface area contributed by atoms with Crippen LogP contribution < -0.4 is 5.32 Å². The van der Waals surface area contributed by atoms with Crippen LogP contribution in [0.4, 0.5) is 5.82 Å². The minimum Gasteiger partial charge on any atom is -0.310 e. The molecule has 0 unspecified atom stereocenters. The fraction of sp³-hybridized carbons (Fsp3) is 0.214. The zero-order chi connectivity index (χ0) is 13.5. The summed E-state index contributed by atoms with van der Waals surface area (Å²) in [6.07, 6.45) is 3.86. The topological polar surface area (TPSA) is 54.9 Å². The first-order valence-electron chi connectivity index (χ1n) is 6.01. The first-order valence-corrected chi connectivity index (χ1v) is 6.99. The van der Waals surface area contributed by atoms with Crippen molar-refractivity contribution in [2.24, 2.45) is 0 Å². The minimum atomic E-state index is -0.0229. The average Bonchev–Trinajstić information content (AvgIpc) is 2.43. The van der Waals surface area contributed by atoms with Gasteiger partial charge >= 0.3 is 0 Å². The number of amides is 1. The van der Waals surface area contributed by atoms with Crippen LogP contribution in [-0.4, -0.2) is 21.6 Å². The standard InChI is InChI=1S/C14H15N3OS/c1-11-5-4-9-16-14(11)17-12(18)7-10-19-13-6-2-3-8-15-13/h2-6,8-9H,7,10H2,1H3,(H,16,17,18). The van der Waals surface area contributed by atoms with Crippen molar-refractivity contribution in [1.82, 2.24) is 9.97 Å². The highest BCUT2D eigenvalue weighted by molar-refractivity contribution is 7.99. The Hall–Kier alpha value is -1.88. The third-order valence-electron chi connectivity index (χ3n) is 2.48. The lowest BCUT2D eigenvalue weighted by Gasteiger charge is -2.06. The van der Waals surface area contributed by atoms with E-state index in [4.69, 9.17) is 0 Å². The summed E-state index contributed by atoms with van der Waals surface area (Å²) in [5, 5.41) is 3.75. The third-order valence-corrected chi connectivity index (χ3v) is 3.43. The molecule has 2 aromatic heterocycles. The average molecular weight is 273 g/mol. The van der Waals surface area contributed by atoms with Gasteiger partial charge in [-0.25, -0.2) is 9.97 Å². The summed E-state index contributed by atoms with van der Waals surface area (Å²) in [5.74, 6) is 1.31. The van der Waals surface area contributed by atoms with Gasteiger partial charge in [-0.3, -0.25) is 4.79 Å². The molecule has 2 rings (SSSR count). The van der Waals surface area contributed by atoms with E-state index < -0.39 is 0 Å². The summed E-state index contributed by atoms with van der Waals surface area (Å²) >= 11 is 1.57. The molecular formula is C14H15N3OS. The normalized spacial score (nSPS) is 10.2. The lowest BCUT2D eigenvalue weighted by molar-refractivity contribution is -0.115. The van der Waals surface area contributed by atoms with Gasteiger partial charge in [0.15, 0.2) is 0 Å². The van der Waals surface area contributed by atoms with Gasteiger partial charge in [-0.2, -0.15) is 0 Å². The molecule has 0 radical (unpaired) electrons. The number of rotatable bonds is 5. The van der Waals surface area contributed by atoms with Gasteiger partial charge in [0.1, 0.15) is 5.82 Å². The summed E-state index contributed by atoms with van der Waals surface area (Å²) < 4.78 is 0. The number of aryl methyl sites for hydroxylation is 1. The maximum Gasteiger partial charge on any atom is 0.226 e. The van der Waals surface area contributed by atoms with E-state index in [1.165, 1.54) is 0 Å². The predicted octanol–water partition coefficient (Wildman–Crippen LogP) is 2.91. The lowest BCUT2D eigenvalue weighted by Crippen LogP contribution is -2.14. The Bertz CT molecular complexity index is 545. The van der Waals surface area contributed by atoms with Crippen LogP contribution >= 0.6 is 11.8 Å². The van der Waals surface area contributed by atoms with Crippen molar-refractivity contribution >= 4 is 23.5 Å². The molecule has 0 spiro atoms. The van der Waals surface area contributed by atoms with Crippen LogP contribution in [0.15, 0.2) is 47.8 Å². The van der Waals surface area contributed by atoms with E-state index in [0.717, 1.165) is 10.6 Å². The van der Waals surface area contributed by atoms with E-state index in [1.807, 2.05) is 37.3 Å². The van der Waals surface area contributed by atoms with Crippen molar-refractivity contribution in [3.05, 3.63) is 48.3 Å². The van der Waals surface area contributed by atoms with Crippen LogP contribution in [0.3, 0.4) is 0 Å². The Morgan fingerprint density at radius 3 is 2.79 bits per heavy atom. The molecule has 0 fully saturated rings.